The number of rotatable bonds is 3. The Balaban J connectivity index is 1.93. The highest BCUT2D eigenvalue weighted by Crippen LogP contribution is 2.31. The second-order valence-corrected chi connectivity index (χ2v) is 5.57. The number of nitrogens with zero attached hydrogens (tertiary/aromatic N) is 1. The van der Waals surface area contributed by atoms with Crippen LogP contribution in [-0.4, -0.2) is 17.2 Å². The van der Waals surface area contributed by atoms with Gasteiger partial charge in [0.1, 0.15) is 5.75 Å². The smallest absolute Gasteiger partial charge is 0.194 e. The van der Waals surface area contributed by atoms with Gasteiger partial charge in [0, 0.05) is 11.1 Å². The monoisotopic (exact) mass is 279 g/mol. The molecule has 3 nitrogen and oxygen atoms in total. The van der Waals surface area contributed by atoms with Crippen LogP contribution in [0.3, 0.4) is 0 Å². The molecule has 2 aromatic rings. The second kappa shape index (κ2) is 5.17. The van der Waals surface area contributed by atoms with E-state index in [0.29, 0.717) is 5.56 Å². The summed E-state index contributed by atoms with van der Waals surface area (Å²) >= 11 is 0. The van der Waals surface area contributed by atoms with Crippen molar-refractivity contribution in [2.45, 2.75) is 26.0 Å². The molecular formula is C18H17NO2. The SMILES string of the molecule is CC1(C)N=C(CC(=O)c2ccccc2)c2ccccc2O1. The molecule has 0 bridgehead atoms. The van der Waals surface area contributed by atoms with E-state index in [9.17, 15) is 4.79 Å². The van der Waals surface area contributed by atoms with Gasteiger partial charge in [-0.2, -0.15) is 0 Å². The van der Waals surface area contributed by atoms with E-state index in [-0.39, 0.29) is 12.2 Å². The first-order chi connectivity index (χ1) is 10.1. The molecule has 0 N–H and O–H groups in total. The lowest BCUT2D eigenvalue weighted by atomic mass is 9.98. The van der Waals surface area contributed by atoms with Gasteiger partial charge in [-0.1, -0.05) is 42.5 Å². The molecule has 2 aromatic carbocycles. The van der Waals surface area contributed by atoms with Gasteiger partial charge in [-0.15, -0.1) is 0 Å². The van der Waals surface area contributed by atoms with Crippen molar-refractivity contribution in [2.24, 2.45) is 4.99 Å². The van der Waals surface area contributed by atoms with Crippen molar-refractivity contribution in [1.29, 1.82) is 0 Å². The highest BCUT2D eigenvalue weighted by Gasteiger charge is 2.28. The number of ether oxygens (including phenoxy) is 1. The van der Waals surface area contributed by atoms with E-state index in [2.05, 4.69) is 4.99 Å². The fraction of sp³-hybridized carbons (Fsp3) is 0.222. The predicted octanol–water partition coefficient (Wildman–Crippen LogP) is 3.88. The number of benzene rings is 2. The quantitative estimate of drug-likeness (QED) is 0.800. The molecule has 0 saturated carbocycles. The summed E-state index contributed by atoms with van der Waals surface area (Å²) < 4.78 is 5.84. The number of carbonyl (C=O) groups is 1. The molecule has 0 radical (unpaired) electrons. The first kappa shape index (κ1) is 13.6. The highest BCUT2D eigenvalue weighted by molar-refractivity contribution is 6.17. The maximum Gasteiger partial charge on any atom is 0.194 e. The lowest BCUT2D eigenvalue weighted by molar-refractivity contribution is 0.0994. The topological polar surface area (TPSA) is 38.7 Å². The van der Waals surface area contributed by atoms with E-state index in [4.69, 9.17) is 4.74 Å². The van der Waals surface area contributed by atoms with Crippen LogP contribution in [0, 0.1) is 0 Å². The average molecular weight is 279 g/mol. The van der Waals surface area contributed by atoms with Crippen molar-refractivity contribution < 1.29 is 9.53 Å². The molecule has 1 aliphatic rings. The summed E-state index contributed by atoms with van der Waals surface area (Å²) in [5, 5.41) is 0. The van der Waals surface area contributed by atoms with Gasteiger partial charge < -0.3 is 4.74 Å². The van der Waals surface area contributed by atoms with Crippen LogP contribution < -0.4 is 4.74 Å². The first-order valence-electron chi connectivity index (χ1n) is 7.00. The van der Waals surface area contributed by atoms with Crippen LogP contribution in [0.2, 0.25) is 0 Å². The van der Waals surface area contributed by atoms with E-state index < -0.39 is 5.72 Å². The zero-order chi connectivity index (χ0) is 14.9. The third kappa shape index (κ3) is 2.87. The van der Waals surface area contributed by atoms with Crippen LogP contribution in [0.1, 0.15) is 36.2 Å². The molecule has 0 unspecified atom stereocenters. The molecule has 106 valence electrons. The summed E-state index contributed by atoms with van der Waals surface area (Å²) in [6.07, 6.45) is 0.286. The summed E-state index contributed by atoms with van der Waals surface area (Å²) in [5.41, 5.74) is 1.76. The maximum atomic E-state index is 12.4. The number of carbonyl (C=O) groups excluding carboxylic acids is 1. The summed E-state index contributed by atoms with van der Waals surface area (Å²) in [7, 11) is 0. The molecule has 0 aliphatic carbocycles. The van der Waals surface area contributed by atoms with Crippen molar-refractivity contribution in [3.63, 3.8) is 0 Å². The number of hydrogen-bond donors (Lipinski definition) is 0. The van der Waals surface area contributed by atoms with Gasteiger partial charge in [0.15, 0.2) is 11.5 Å². The summed E-state index contributed by atoms with van der Waals surface area (Å²) in [5.74, 6) is 0.857. The van der Waals surface area contributed by atoms with Crippen LogP contribution in [0.15, 0.2) is 59.6 Å². The van der Waals surface area contributed by atoms with Gasteiger partial charge >= 0.3 is 0 Å². The Hall–Kier alpha value is -2.42. The first-order valence-corrected chi connectivity index (χ1v) is 7.00. The van der Waals surface area contributed by atoms with Gasteiger partial charge in [-0.3, -0.25) is 4.79 Å². The molecule has 0 saturated heterocycles. The normalized spacial score (nSPS) is 15.6. The zero-order valence-electron chi connectivity index (χ0n) is 12.2. The number of ketones is 1. The molecule has 1 heterocycles. The lowest BCUT2D eigenvalue weighted by Gasteiger charge is -2.30. The van der Waals surface area contributed by atoms with Crippen molar-refractivity contribution in [2.75, 3.05) is 0 Å². The van der Waals surface area contributed by atoms with Gasteiger partial charge in [-0.05, 0) is 26.0 Å². The Morgan fingerprint density at radius 2 is 1.71 bits per heavy atom. The maximum absolute atomic E-state index is 12.4. The second-order valence-electron chi connectivity index (χ2n) is 5.57. The summed E-state index contributed by atoms with van der Waals surface area (Å²) in [4.78, 5) is 17.0. The number of Topliss-reactive ketones (excluding diaryl/α,β-unsaturated/α-hetero) is 1. The van der Waals surface area contributed by atoms with Crippen molar-refractivity contribution in [3.05, 3.63) is 65.7 Å². The Kier molecular flexibility index (Phi) is 3.34. The van der Waals surface area contributed by atoms with Crippen molar-refractivity contribution >= 4 is 11.5 Å². The molecule has 0 amide bonds. The third-order valence-electron chi connectivity index (χ3n) is 3.39. The van der Waals surface area contributed by atoms with Crippen LogP contribution in [0.4, 0.5) is 0 Å². The van der Waals surface area contributed by atoms with E-state index >= 15 is 0 Å². The van der Waals surface area contributed by atoms with E-state index in [1.807, 2.05) is 68.4 Å². The Labute approximate surface area is 124 Å². The third-order valence-corrected chi connectivity index (χ3v) is 3.39. The number of aliphatic imine (C=N–C) groups is 1. The summed E-state index contributed by atoms with van der Waals surface area (Å²) in [6.45, 7) is 3.80. The van der Waals surface area contributed by atoms with Crippen molar-refractivity contribution in [1.82, 2.24) is 0 Å². The predicted molar refractivity (Wildman–Crippen MR) is 83.1 cm³/mol. The van der Waals surface area contributed by atoms with Gasteiger partial charge in [0.2, 0.25) is 0 Å². The fourth-order valence-corrected chi connectivity index (χ4v) is 2.48. The van der Waals surface area contributed by atoms with Crippen molar-refractivity contribution in [3.8, 4) is 5.75 Å². The fourth-order valence-electron chi connectivity index (χ4n) is 2.48. The minimum absolute atomic E-state index is 0.0712. The average Bonchev–Trinajstić information content (AvgIpc) is 2.47. The molecule has 3 rings (SSSR count). The van der Waals surface area contributed by atoms with Gasteiger partial charge in [-0.25, -0.2) is 4.99 Å². The van der Waals surface area contributed by atoms with E-state index in [0.717, 1.165) is 17.0 Å². The minimum atomic E-state index is -0.638. The van der Waals surface area contributed by atoms with E-state index in [1.165, 1.54) is 0 Å². The molecule has 0 fully saturated rings. The van der Waals surface area contributed by atoms with Gasteiger partial charge in [0.05, 0.1) is 12.1 Å². The van der Waals surface area contributed by atoms with Crippen LogP contribution in [0.5, 0.6) is 5.75 Å². The van der Waals surface area contributed by atoms with E-state index in [1.54, 1.807) is 0 Å². The van der Waals surface area contributed by atoms with Crippen LogP contribution in [-0.2, 0) is 0 Å². The largest absolute Gasteiger partial charge is 0.466 e. The molecule has 1 aliphatic heterocycles. The Morgan fingerprint density at radius 3 is 2.48 bits per heavy atom. The number of fused-ring (bicyclic) bond motifs is 1. The Bertz CT molecular complexity index is 702. The highest BCUT2D eigenvalue weighted by atomic mass is 16.5. The molecular weight excluding hydrogens is 262 g/mol. The zero-order valence-corrected chi connectivity index (χ0v) is 12.2. The van der Waals surface area contributed by atoms with Gasteiger partial charge in [0.25, 0.3) is 0 Å². The molecule has 0 spiro atoms. The molecule has 0 atom stereocenters. The lowest BCUT2D eigenvalue weighted by Crippen LogP contribution is -2.32. The minimum Gasteiger partial charge on any atom is -0.466 e. The Morgan fingerprint density at radius 1 is 1.05 bits per heavy atom. The standard InChI is InChI=1S/C18H17NO2/c1-18(2)19-15(14-10-6-7-11-17(14)21-18)12-16(20)13-8-4-3-5-9-13/h3-11H,12H2,1-2H3. The summed E-state index contributed by atoms with van der Waals surface area (Å²) in [6, 6.07) is 17.0. The van der Waals surface area contributed by atoms with Crippen LogP contribution >= 0.6 is 0 Å². The number of hydrogen-bond acceptors (Lipinski definition) is 3. The van der Waals surface area contributed by atoms with Crippen LogP contribution in [0.25, 0.3) is 0 Å². The molecule has 0 aromatic heterocycles. The molecule has 21 heavy (non-hydrogen) atoms. The molecule has 3 heteroatoms. The number of para-hydroxylation sites is 1.